The fourth-order valence-corrected chi connectivity index (χ4v) is 1.88. The number of hydrogen-bond acceptors (Lipinski definition) is 5. The van der Waals surface area contributed by atoms with Crippen molar-refractivity contribution in [3.63, 3.8) is 0 Å². The lowest BCUT2D eigenvalue weighted by Crippen LogP contribution is -2.28. The maximum atomic E-state index is 9.93. The molecule has 0 bridgehead atoms. The van der Waals surface area contributed by atoms with Gasteiger partial charge in [0.15, 0.2) is 11.0 Å². The van der Waals surface area contributed by atoms with E-state index in [1.165, 1.54) is 0 Å². The molecule has 17 heavy (non-hydrogen) atoms. The van der Waals surface area contributed by atoms with Gasteiger partial charge in [0.1, 0.15) is 0 Å². The van der Waals surface area contributed by atoms with Crippen LogP contribution in [0.5, 0.6) is 0 Å². The number of nitrogens with one attached hydrogen (secondary N) is 1. The highest BCUT2D eigenvalue weighted by molar-refractivity contribution is 6.32. The number of hydrogen-bond donors (Lipinski definition) is 2. The van der Waals surface area contributed by atoms with Gasteiger partial charge in [-0.25, -0.2) is 0 Å². The molecule has 7 heteroatoms. The average molecular weight is 279 g/mol. The Morgan fingerprint density at radius 3 is 2.47 bits per heavy atom. The molecule has 1 unspecified atom stereocenters. The second-order valence-electron chi connectivity index (χ2n) is 3.75. The molecule has 0 saturated heterocycles. The molecule has 0 aliphatic carbocycles. The summed E-state index contributed by atoms with van der Waals surface area (Å²) in [5.41, 5.74) is 0. The van der Waals surface area contributed by atoms with Crippen LogP contribution in [0.3, 0.4) is 0 Å². The Kier molecular flexibility index (Phi) is 5.88. The van der Waals surface area contributed by atoms with E-state index in [1.807, 2.05) is 13.8 Å². The number of aliphatic hydroxyl groups excluding tert-OH is 1. The minimum Gasteiger partial charge on any atom is -0.391 e. The summed E-state index contributed by atoms with van der Waals surface area (Å²) in [6.07, 6.45) is 1.40. The second kappa shape index (κ2) is 6.93. The van der Waals surface area contributed by atoms with Gasteiger partial charge >= 0.3 is 0 Å². The van der Waals surface area contributed by atoms with Gasteiger partial charge in [0.05, 0.1) is 6.10 Å². The van der Waals surface area contributed by atoms with Crippen molar-refractivity contribution in [1.82, 2.24) is 15.2 Å². The van der Waals surface area contributed by atoms with Crippen LogP contribution < -0.4 is 5.32 Å². The van der Waals surface area contributed by atoms with Crippen molar-refractivity contribution in [2.24, 2.45) is 5.92 Å². The molecular weight excluding hydrogens is 263 g/mol. The average Bonchev–Trinajstić information content (AvgIpc) is 2.32. The van der Waals surface area contributed by atoms with Crippen LogP contribution in [0.25, 0.3) is 0 Å². The smallest absolute Gasteiger partial charge is 0.245 e. The predicted molar refractivity (Wildman–Crippen MR) is 68.4 cm³/mol. The van der Waals surface area contributed by atoms with Crippen molar-refractivity contribution in [3.8, 4) is 0 Å². The third kappa shape index (κ3) is 4.26. The molecule has 1 aromatic heterocycles. The fourth-order valence-electron chi connectivity index (χ4n) is 1.61. The standard InChI is InChI=1S/C10H16Cl2N4O/c1-3-6(4-2)7(17)5-13-9-8(11)15-16-10(12)14-9/h6-7,17H,3-5H2,1-2H3,(H,13,14,16). The first kappa shape index (κ1) is 14.4. The highest BCUT2D eigenvalue weighted by atomic mass is 35.5. The minimum atomic E-state index is -0.449. The van der Waals surface area contributed by atoms with Crippen LogP contribution in [0.1, 0.15) is 26.7 Å². The molecule has 1 atom stereocenters. The van der Waals surface area contributed by atoms with Crippen LogP contribution in [0.2, 0.25) is 10.4 Å². The van der Waals surface area contributed by atoms with E-state index in [2.05, 4.69) is 20.5 Å². The Morgan fingerprint density at radius 1 is 1.24 bits per heavy atom. The predicted octanol–water partition coefficient (Wildman–Crippen LogP) is 2.39. The summed E-state index contributed by atoms with van der Waals surface area (Å²) in [6, 6.07) is 0. The number of nitrogens with zero attached hydrogens (tertiary/aromatic N) is 3. The Hall–Kier alpha value is -0.650. The number of aromatic nitrogens is 3. The fraction of sp³-hybridized carbons (Fsp3) is 0.700. The summed E-state index contributed by atoms with van der Waals surface area (Å²) >= 11 is 11.4. The molecule has 0 aliphatic rings. The van der Waals surface area contributed by atoms with Crippen molar-refractivity contribution in [3.05, 3.63) is 10.4 Å². The lowest BCUT2D eigenvalue weighted by Gasteiger charge is -2.20. The number of anilines is 1. The third-order valence-corrected chi connectivity index (χ3v) is 3.11. The molecule has 1 rings (SSSR count). The first-order valence-electron chi connectivity index (χ1n) is 5.56. The molecule has 0 saturated carbocycles. The Bertz CT molecular complexity index is 360. The zero-order valence-electron chi connectivity index (χ0n) is 9.82. The molecule has 2 N–H and O–H groups in total. The van der Waals surface area contributed by atoms with Gasteiger partial charge in [0.25, 0.3) is 0 Å². The number of halogens is 2. The molecular formula is C10H16Cl2N4O. The van der Waals surface area contributed by atoms with Crippen molar-refractivity contribution in [2.75, 3.05) is 11.9 Å². The summed E-state index contributed by atoms with van der Waals surface area (Å²) in [7, 11) is 0. The van der Waals surface area contributed by atoms with Crippen molar-refractivity contribution < 1.29 is 5.11 Å². The van der Waals surface area contributed by atoms with Gasteiger partial charge in [-0.1, -0.05) is 38.3 Å². The van der Waals surface area contributed by atoms with Gasteiger partial charge < -0.3 is 10.4 Å². The van der Waals surface area contributed by atoms with E-state index in [4.69, 9.17) is 23.2 Å². The summed E-state index contributed by atoms with van der Waals surface area (Å²) in [5.74, 6) is 0.600. The highest BCUT2D eigenvalue weighted by Gasteiger charge is 2.16. The minimum absolute atomic E-state index is 0.0222. The van der Waals surface area contributed by atoms with Gasteiger partial charge in [-0.2, -0.15) is 4.98 Å². The van der Waals surface area contributed by atoms with Gasteiger partial charge in [0.2, 0.25) is 5.28 Å². The van der Waals surface area contributed by atoms with E-state index in [0.29, 0.717) is 12.4 Å². The maximum Gasteiger partial charge on any atom is 0.245 e. The van der Waals surface area contributed by atoms with Gasteiger partial charge in [-0.15, -0.1) is 10.2 Å². The maximum absolute atomic E-state index is 9.93. The Morgan fingerprint density at radius 2 is 1.88 bits per heavy atom. The van der Waals surface area contributed by atoms with E-state index in [9.17, 15) is 5.11 Å². The lowest BCUT2D eigenvalue weighted by molar-refractivity contribution is 0.114. The van der Waals surface area contributed by atoms with E-state index in [1.54, 1.807) is 0 Å². The normalized spacial score (nSPS) is 12.8. The molecule has 0 amide bonds. The van der Waals surface area contributed by atoms with Crippen LogP contribution in [0.15, 0.2) is 0 Å². The van der Waals surface area contributed by atoms with Gasteiger partial charge in [0, 0.05) is 6.54 Å². The van der Waals surface area contributed by atoms with Crippen molar-refractivity contribution in [2.45, 2.75) is 32.8 Å². The number of rotatable bonds is 6. The SMILES string of the molecule is CCC(CC)C(O)CNc1nc(Cl)nnc1Cl. The second-order valence-corrected chi connectivity index (χ2v) is 4.44. The van der Waals surface area contributed by atoms with Crippen LogP contribution >= 0.6 is 23.2 Å². The van der Waals surface area contributed by atoms with Crippen molar-refractivity contribution in [1.29, 1.82) is 0 Å². The molecule has 96 valence electrons. The quantitative estimate of drug-likeness (QED) is 0.836. The Labute approximate surface area is 111 Å². The van der Waals surface area contributed by atoms with Crippen LogP contribution in [0.4, 0.5) is 5.82 Å². The molecule has 1 aromatic rings. The summed E-state index contributed by atoms with van der Waals surface area (Å²) in [5, 5.41) is 20.1. The largest absolute Gasteiger partial charge is 0.391 e. The lowest BCUT2D eigenvalue weighted by atomic mass is 9.97. The molecule has 0 fully saturated rings. The Balaban J connectivity index is 2.57. The van der Waals surface area contributed by atoms with Gasteiger partial charge in [-0.3, -0.25) is 0 Å². The third-order valence-electron chi connectivity index (χ3n) is 2.69. The first-order valence-corrected chi connectivity index (χ1v) is 6.31. The molecule has 0 aliphatic heterocycles. The van der Waals surface area contributed by atoms with E-state index in [0.717, 1.165) is 12.8 Å². The molecule has 0 aromatic carbocycles. The van der Waals surface area contributed by atoms with Crippen LogP contribution in [-0.4, -0.2) is 32.9 Å². The van der Waals surface area contributed by atoms with E-state index < -0.39 is 6.10 Å². The summed E-state index contributed by atoms with van der Waals surface area (Å²) in [6.45, 7) is 4.46. The summed E-state index contributed by atoms with van der Waals surface area (Å²) in [4.78, 5) is 3.89. The van der Waals surface area contributed by atoms with E-state index in [-0.39, 0.29) is 16.4 Å². The zero-order chi connectivity index (χ0) is 12.8. The molecule has 0 spiro atoms. The molecule has 1 heterocycles. The van der Waals surface area contributed by atoms with Crippen LogP contribution in [-0.2, 0) is 0 Å². The van der Waals surface area contributed by atoms with Gasteiger partial charge in [-0.05, 0) is 17.5 Å². The molecule has 5 nitrogen and oxygen atoms in total. The first-order chi connectivity index (χ1) is 8.08. The number of aliphatic hydroxyl groups is 1. The highest BCUT2D eigenvalue weighted by Crippen LogP contribution is 2.18. The van der Waals surface area contributed by atoms with Crippen molar-refractivity contribution >= 4 is 29.0 Å². The molecule has 0 radical (unpaired) electrons. The zero-order valence-corrected chi connectivity index (χ0v) is 11.3. The van der Waals surface area contributed by atoms with Crippen LogP contribution in [0, 0.1) is 5.92 Å². The van der Waals surface area contributed by atoms with E-state index >= 15 is 0 Å². The topological polar surface area (TPSA) is 70.9 Å². The summed E-state index contributed by atoms with van der Waals surface area (Å²) < 4.78 is 0. The monoisotopic (exact) mass is 278 g/mol.